The largest absolute Gasteiger partial charge is 0.384 e. The summed E-state index contributed by atoms with van der Waals surface area (Å²) in [6.07, 6.45) is 1.82. The highest BCUT2D eigenvalue weighted by molar-refractivity contribution is 7.07. The Balaban J connectivity index is 1.77. The molecule has 0 saturated carbocycles. The van der Waals surface area contributed by atoms with Crippen molar-refractivity contribution in [3.63, 3.8) is 0 Å². The van der Waals surface area contributed by atoms with E-state index < -0.39 is 5.41 Å². The number of ether oxygens (including phenoxy) is 1. The zero-order chi connectivity index (χ0) is 17.3. The van der Waals surface area contributed by atoms with Crippen LogP contribution in [-0.4, -0.2) is 59.4 Å². The molecule has 0 radical (unpaired) electrons. The standard InChI is InChI=1S/C17H25N3O3S/c1-17(2,10-23-3)16(22)19-6-12-4-5-14(8-19)20(15(12)21)7-13-9-24-11-18-13/h9,11-12,14H,4-8,10H2,1-3H3/t12-,14+/m0/s1. The van der Waals surface area contributed by atoms with Crippen LogP contribution >= 0.6 is 11.3 Å². The van der Waals surface area contributed by atoms with Gasteiger partial charge < -0.3 is 14.5 Å². The van der Waals surface area contributed by atoms with E-state index in [2.05, 4.69) is 4.98 Å². The van der Waals surface area contributed by atoms with Crippen molar-refractivity contribution in [3.05, 3.63) is 16.6 Å². The van der Waals surface area contributed by atoms with Crippen LogP contribution in [0.4, 0.5) is 0 Å². The molecule has 3 aliphatic heterocycles. The Kier molecular flexibility index (Phi) is 4.92. The van der Waals surface area contributed by atoms with Crippen molar-refractivity contribution >= 4 is 23.2 Å². The van der Waals surface area contributed by atoms with Crippen LogP contribution in [0.1, 0.15) is 32.4 Å². The molecule has 0 aliphatic carbocycles. The molecular weight excluding hydrogens is 326 g/mol. The molecule has 4 rings (SSSR count). The molecule has 0 aromatic carbocycles. The number of aromatic nitrogens is 1. The van der Waals surface area contributed by atoms with E-state index >= 15 is 0 Å². The molecule has 1 aromatic rings. The first-order valence-corrected chi connectivity index (χ1v) is 9.32. The van der Waals surface area contributed by atoms with Crippen molar-refractivity contribution in [2.45, 2.75) is 39.3 Å². The monoisotopic (exact) mass is 351 g/mol. The molecule has 0 N–H and O–H groups in total. The van der Waals surface area contributed by atoms with Crippen molar-refractivity contribution in [2.24, 2.45) is 11.3 Å². The average Bonchev–Trinajstić information content (AvgIpc) is 2.90. The molecular formula is C17H25N3O3S. The van der Waals surface area contributed by atoms with Crippen molar-refractivity contribution in [2.75, 3.05) is 26.8 Å². The van der Waals surface area contributed by atoms with E-state index in [0.29, 0.717) is 26.2 Å². The third-order valence-corrected chi connectivity index (χ3v) is 5.62. The molecule has 3 saturated heterocycles. The fourth-order valence-corrected chi connectivity index (χ4v) is 4.30. The molecule has 132 valence electrons. The summed E-state index contributed by atoms with van der Waals surface area (Å²) in [5.74, 6) is 0.147. The fraction of sp³-hybridized carbons (Fsp3) is 0.706. The lowest BCUT2D eigenvalue weighted by Crippen LogP contribution is -2.48. The summed E-state index contributed by atoms with van der Waals surface area (Å²) in [5.41, 5.74) is 2.15. The Morgan fingerprint density at radius 2 is 2.21 bits per heavy atom. The molecule has 4 heterocycles. The van der Waals surface area contributed by atoms with Gasteiger partial charge in [0.1, 0.15) is 0 Å². The predicted molar refractivity (Wildman–Crippen MR) is 91.4 cm³/mol. The van der Waals surface area contributed by atoms with Crippen LogP contribution < -0.4 is 0 Å². The summed E-state index contributed by atoms with van der Waals surface area (Å²) < 4.78 is 5.20. The van der Waals surface area contributed by atoms with Gasteiger partial charge in [0.2, 0.25) is 11.8 Å². The predicted octanol–water partition coefficient (Wildman–Crippen LogP) is 1.77. The number of nitrogens with zero attached hydrogens (tertiary/aromatic N) is 3. The number of carbonyl (C=O) groups excluding carboxylic acids is 2. The van der Waals surface area contributed by atoms with Crippen LogP contribution in [0.3, 0.4) is 0 Å². The number of hydrogen-bond donors (Lipinski definition) is 0. The summed E-state index contributed by atoms with van der Waals surface area (Å²) in [5, 5.41) is 1.98. The zero-order valence-electron chi connectivity index (χ0n) is 14.5. The van der Waals surface area contributed by atoms with Crippen molar-refractivity contribution < 1.29 is 14.3 Å². The summed E-state index contributed by atoms with van der Waals surface area (Å²) in [4.78, 5) is 33.8. The average molecular weight is 351 g/mol. The van der Waals surface area contributed by atoms with Gasteiger partial charge in [0.15, 0.2) is 0 Å². The van der Waals surface area contributed by atoms with Gasteiger partial charge in [0.25, 0.3) is 0 Å². The van der Waals surface area contributed by atoms with E-state index in [0.717, 1.165) is 18.5 Å². The molecule has 6 nitrogen and oxygen atoms in total. The van der Waals surface area contributed by atoms with E-state index in [1.54, 1.807) is 24.0 Å². The first-order chi connectivity index (χ1) is 11.4. The van der Waals surface area contributed by atoms with Gasteiger partial charge in [0.05, 0.1) is 35.7 Å². The highest BCUT2D eigenvalue weighted by Crippen LogP contribution is 2.32. The topological polar surface area (TPSA) is 62.7 Å². The van der Waals surface area contributed by atoms with Gasteiger partial charge in [-0.3, -0.25) is 9.59 Å². The van der Waals surface area contributed by atoms with Gasteiger partial charge in [0, 0.05) is 31.6 Å². The number of fused-ring (bicyclic) bond motifs is 4. The number of carbonyl (C=O) groups is 2. The van der Waals surface area contributed by atoms with Crippen LogP contribution in [0.15, 0.2) is 10.9 Å². The maximum Gasteiger partial charge on any atom is 0.230 e. The second-order valence-corrected chi connectivity index (χ2v) is 8.12. The number of thiazole rings is 1. The molecule has 7 heteroatoms. The van der Waals surface area contributed by atoms with Crippen LogP contribution in [0.25, 0.3) is 0 Å². The first kappa shape index (κ1) is 17.4. The third kappa shape index (κ3) is 3.32. The molecule has 0 spiro atoms. The lowest BCUT2D eigenvalue weighted by Gasteiger charge is -2.35. The fourth-order valence-electron chi connectivity index (χ4n) is 3.76. The maximum atomic E-state index is 12.9. The number of amides is 2. The highest BCUT2D eigenvalue weighted by atomic mass is 32.1. The van der Waals surface area contributed by atoms with Crippen LogP contribution in [0.5, 0.6) is 0 Å². The molecule has 3 fully saturated rings. The molecule has 3 aliphatic rings. The second kappa shape index (κ2) is 6.80. The Morgan fingerprint density at radius 1 is 1.42 bits per heavy atom. The SMILES string of the molecule is COCC(C)(C)C(=O)N1C[C@@H]2CC[C@H](C1)N(Cc1cscn1)C2=O. The van der Waals surface area contributed by atoms with Crippen molar-refractivity contribution in [1.29, 1.82) is 0 Å². The van der Waals surface area contributed by atoms with Crippen molar-refractivity contribution in [3.8, 4) is 0 Å². The van der Waals surface area contributed by atoms with E-state index in [1.807, 2.05) is 29.0 Å². The lowest BCUT2D eigenvalue weighted by molar-refractivity contribution is -0.143. The minimum atomic E-state index is -0.568. The van der Waals surface area contributed by atoms with Crippen molar-refractivity contribution in [1.82, 2.24) is 14.8 Å². The van der Waals surface area contributed by atoms with Crippen LogP contribution in [0.2, 0.25) is 0 Å². The minimum absolute atomic E-state index is 0.0737. The molecule has 24 heavy (non-hydrogen) atoms. The zero-order valence-corrected chi connectivity index (χ0v) is 15.3. The normalized spacial score (nSPS) is 24.4. The van der Waals surface area contributed by atoms with Crippen LogP contribution in [0, 0.1) is 11.3 Å². The van der Waals surface area contributed by atoms with Gasteiger partial charge in [-0.2, -0.15) is 0 Å². The summed E-state index contributed by atoms with van der Waals surface area (Å²) in [6, 6.07) is 0.0836. The molecule has 2 amide bonds. The summed E-state index contributed by atoms with van der Waals surface area (Å²) in [6.45, 7) is 5.87. The van der Waals surface area contributed by atoms with Gasteiger partial charge in [-0.05, 0) is 26.7 Å². The van der Waals surface area contributed by atoms with E-state index in [1.165, 1.54) is 0 Å². The van der Waals surface area contributed by atoms with Gasteiger partial charge >= 0.3 is 0 Å². The number of piperidine rings is 1. The van der Waals surface area contributed by atoms with E-state index in [-0.39, 0.29) is 23.8 Å². The quantitative estimate of drug-likeness (QED) is 0.811. The number of rotatable bonds is 5. The number of methoxy groups -OCH3 is 1. The highest BCUT2D eigenvalue weighted by Gasteiger charge is 2.44. The molecule has 1 aromatic heterocycles. The van der Waals surface area contributed by atoms with Gasteiger partial charge in [-0.25, -0.2) is 4.98 Å². The maximum absolute atomic E-state index is 12.9. The van der Waals surface area contributed by atoms with Crippen LogP contribution in [-0.2, 0) is 20.9 Å². The molecule has 2 atom stereocenters. The summed E-state index contributed by atoms with van der Waals surface area (Å²) >= 11 is 1.54. The molecule has 0 unspecified atom stereocenters. The van der Waals surface area contributed by atoms with E-state index in [4.69, 9.17) is 4.74 Å². The van der Waals surface area contributed by atoms with Gasteiger partial charge in [-0.15, -0.1) is 11.3 Å². The Hall–Kier alpha value is -1.47. The lowest BCUT2D eigenvalue weighted by atomic mass is 9.92. The smallest absolute Gasteiger partial charge is 0.230 e. The first-order valence-electron chi connectivity index (χ1n) is 8.38. The Labute approximate surface area is 146 Å². The minimum Gasteiger partial charge on any atom is -0.384 e. The summed E-state index contributed by atoms with van der Waals surface area (Å²) in [7, 11) is 1.61. The molecule has 2 bridgehead atoms. The van der Waals surface area contributed by atoms with E-state index in [9.17, 15) is 9.59 Å². The Bertz CT molecular complexity index is 602. The second-order valence-electron chi connectivity index (χ2n) is 7.40. The number of hydrogen-bond acceptors (Lipinski definition) is 5. The third-order valence-electron chi connectivity index (χ3n) is 4.98. The Morgan fingerprint density at radius 3 is 2.88 bits per heavy atom. The van der Waals surface area contributed by atoms with Gasteiger partial charge in [-0.1, -0.05) is 0 Å².